The number of aromatic nitrogens is 1. The number of ether oxygens (including phenoxy) is 2. The number of carbonyl (C=O) groups is 2. The average molecular weight is 559 g/mol. The molecule has 0 bridgehead atoms. The Balaban J connectivity index is 1.49. The van der Waals surface area contributed by atoms with Crippen LogP contribution in [-0.4, -0.2) is 22.6 Å². The monoisotopic (exact) mass is 558 g/mol. The number of amides is 2. The van der Waals surface area contributed by atoms with Crippen molar-refractivity contribution in [3.8, 4) is 11.5 Å². The first-order valence-electron chi connectivity index (χ1n) is 11.5. The highest BCUT2D eigenvalue weighted by molar-refractivity contribution is 6.32. The number of benzene rings is 3. The molecule has 0 saturated carbocycles. The summed E-state index contributed by atoms with van der Waals surface area (Å²) in [5.74, 6) is -1.23. The number of nitrogens with two attached hydrogens (primary N) is 1. The molecule has 8 nitrogen and oxygen atoms in total. The molecule has 38 heavy (non-hydrogen) atoms. The Morgan fingerprint density at radius 1 is 1.08 bits per heavy atom. The molecule has 0 aliphatic carbocycles. The maximum absolute atomic E-state index is 15.2. The normalized spacial score (nSPS) is 11.3. The summed E-state index contributed by atoms with van der Waals surface area (Å²) in [5.41, 5.74) is 6.81. The minimum atomic E-state index is -0.739. The molecule has 3 aromatic carbocycles. The number of anilines is 2. The summed E-state index contributed by atoms with van der Waals surface area (Å²) in [7, 11) is 0. The molecule has 198 valence electrons. The number of fused-ring (bicyclic) bond motifs is 1. The largest absolute Gasteiger partial charge is 0.453 e. The number of rotatable bonds is 6. The molecule has 0 aliphatic rings. The van der Waals surface area contributed by atoms with Crippen molar-refractivity contribution >= 4 is 57.5 Å². The summed E-state index contributed by atoms with van der Waals surface area (Å²) in [6.45, 7) is 5.14. The molecule has 1 heterocycles. The van der Waals surface area contributed by atoms with E-state index in [1.807, 2.05) is 0 Å². The molecule has 4 rings (SSSR count). The highest BCUT2D eigenvalue weighted by atomic mass is 35.5. The lowest BCUT2D eigenvalue weighted by atomic mass is 10.2. The lowest BCUT2D eigenvalue weighted by molar-refractivity contribution is 0.0636. The lowest BCUT2D eigenvalue weighted by Gasteiger charge is -2.19. The van der Waals surface area contributed by atoms with Gasteiger partial charge in [-0.25, -0.2) is 9.18 Å². The number of nitrogens with one attached hydrogen (secondary N) is 3. The van der Waals surface area contributed by atoms with Crippen LogP contribution in [0, 0.1) is 5.82 Å². The van der Waals surface area contributed by atoms with Crippen LogP contribution in [0.25, 0.3) is 10.9 Å². The van der Waals surface area contributed by atoms with E-state index in [2.05, 4.69) is 15.6 Å². The SMILES string of the molecule is CC(C)(C)OC(=O)Nc1cccc2cc(C(=O)NCc3ccc(Cl)c(Oc4cc(N)cc(Cl)c4)c3F)[nH]c12. The van der Waals surface area contributed by atoms with Gasteiger partial charge in [0.15, 0.2) is 11.6 Å². The van der Waals surface area contributed by atoms with Crippen molar-refractivity contribution in [2.24, 2.45) is 0 Å². The van der Waals surface area contributed by atoms with E-state index in [0.29, 0.717) is 27.3 Å². The number of aromatic amines is 1. The number of hydrogen-bond donors (Lipinski definition) is 4. The van der Waals surface area contributed by atoms with Crippen molar-refractivity contribution in [2.75, 3.05) is 11.1 Å². The van der Waals surface area contributed by atoms with Gasteiger partial charge in [-0.15, -0.1) is 0 Å². The third kappa shape index (κ3) is 6.48. The van der Waals surface area contributed by atoms with Crippen LogP contribution in [0.5, 0.6) is 11.5 Å². The molecule has 2 amide bonds. The van der Waals surface area contributed by atoms with Crippen molar-refractivity contribution in [3.63, 3.8) is 0 Å². The Morgan fingerprint density at radius 2 is 1.84 bits per heavy atom. The van der Waals surface area contributed by atoms with Crippen molar-refractivity contribution in [1.82, 2.24) is 10.3 Å². The van der Waals surface area contributed by atoms with Gasteiger partial charge >= 0.3 is 6.09 Å². The van der Waals surface area contributed by atoms with Crippen molar-refractivity contribution in [1.29, 1.82) is 0 Å². The van der Waals surface area contributed by atoms with Crippen LogP contribution in [0.1, 0.15) is 36.8 Å². The van der Waals surface area contributed by atoms with E-state index in [1.165, 1.54) is 30.3 Å². The maximum Gasteiger partial charge on any atom is 0.412 e. The fraction of sp³-hybridized carbons (Fsp3) is 0.185. The van der Waals surface area contributed by atoms with Crippen molar-refractivity contribution in [2.45, 2.75) is 32.9 Å². The highest BCUT2D eigenvalue weighted by Crippen LogP contribution is 2.35. The van der Waals surface area contributed by atoms with Gasteiger partial charge in [0, 0.05) is 34.3 Å². The van der Waals surface area contributed by atoms with Gasteiger partial charge in [-0.2, -0.15) is 0 Å². The van der Waals surface area contributed by atoms with Crippen LogP contribution in [0.2, 0.25) is 10.0 Å². The molecule has 0 unspecified atom stereocenters. The van der Waals surface area contributed by atoms with Crippen LogP contribution in [0.4, 0.5) is 20.6 Å². The smallest absolute Gasteiger partial charge is 0.412 e. The van der Waals surface area contributed by atoms with Crippen LogP contribution in [-0.2, 0) is 11.3 Å². The fourth-order valence-corrected chi connectivity index (χ4v) is 4.05. The number of carbonyl (C=O) groups excluding carboxylic acids is 2. The van der Waals surface area contributed by atoms with E-state index in [-0.39, 0.29) is 34.3 Å². The molecular formula is C27H25Cl2FN4O4. The second-order valence-electron chi connectivity index (χ2n) is 9.43. The third-order valence-electron chi connectivity index (χ3n) is 5.22. The van der Waals surface area contributed by atoms with Gasteiger partial charge < -0.3 is 25.5 Å². The predicted octanol–water partition coefficient (Wildman–Crippen LogP) is 7.27. The quantitative estimate of drug-likeness (QED) is 0.185. The number of para-hydroxylation sites is 1. The molecule has 0 radical (unpaired) electrons. The van der Waals surface area contributed by atoms with Crippen molar-refractivity contribution in [3.05, 3.63) is 81.7 Å². The number of halogens is 3. The van der Waals surface area contributed by atoms with E-state index in [9.17, 15) is 9.59 Å². The number of nitrogen functional groups attached to an aromatic ring is 1. The molecule has 1 aromatic heterocycles. The van der Waals surface area contributed by atoms with Crippen LogP contribution >= 0.6 is 23.2 Å². The first kappa shape index (κ1) is 27.1. The summed E-state index contributed by atoms with van der Waals surface area (Å²) in [4.78, 5) is 28.1. The molecular weight excluding hydrogens is 534 g/mol. The Bertz CT molecular complexity index is 1510. The van der Waals surface area contributed by atoms with E-state index >= 15 is 4.39 Å². The van der Waals surface area contributed by atoms with Gasteiger partial charge in [-0.05, 0) is 51.1 Å². The minimum Gasteiger partial charge on any atom is -0.453 e. The summed E-state index contributed by atoms with van der Waals surface area (Å²) in [6.07, 6.45) is -0.623. The zero-order valence-electron chi connectivity index (χ0n) is 20.7. The zero-order chi connectivity index (χ0) is 27.6. The lowest BCUT2D eigenvalue weighted by Crippen LogP contribution is -2.27. The second kappa shape index (κ2) is 10.8. The Labute approximate surface area is 228 Å². The van der Waals surface area contributed by atoms with Gasteiger partial charge in [0.25, 0.3) is 5.91 Å². The fourth-order valence-electron chi connectivity index (χ4n) is 3.63. The summed E-state index contributed by atoms with van der Waals surface area (Å²) in [5, 5.41) is 6.41. The van der Waals surface area contributed by atoms with E-state index < -0.39 is 23.4 Å². The average Bonchev–Trinajstić information content (AvgIpc) is 3.25. The summed E-state index contributed by atoms with van der Waals surface area (Å²) >= 11 is 12.2. The highest BCUT2D eigenvalue weighted by Gasteiger charge is 2.19. The topological polar surface area (TPSA) is 118 Å². The number of hydrogen-bond acceptors (Lipinski definition) is 5. The van der Waals surface area contributed by atoms with Gasteiger partial charge in [0.2, 0.25) is 0 Å². The predicted molar refractivity (Wildman–Crippen MR) is 147 cm³/mol. The molecule has 0 atom stereocenters. The first-order valence-corrected chi connectivity index (χ1v) is 12.3. The summed E-state index contributed by atoms with van der Waals surface area (Å²) < 4.78 is 26.2. The zero-order valence-corrected chi connectivity index (χ0v) is 22.3. The molecule has 11 heteroatoms. The number of H-pyrrole nitrogens is 1. The Hall–Kier alpha value is -3.95. The van der Waals surface area contributed by atoms with Crippen LogP contribution in [0.3, 0.4) is 0 Å². The van der Waals surface area contributed by atoms with Crippen LogP contribution in [0.15, 0.2) is 54.6 Å². The molecule has 0 aliphatic heterocycles. The molecule has 5 N–H and O–H groups in total. The molecule has 4 aromatic rings. The Kier molecular flexibility index (Phi) is 7.71. The van der Waals surface area contributed by atoms with Gasteiger partial charge in [-0.3, -0.25) is 10.1 Å². The van der Waals surface area contributed by atoms with E-state index in [0.717, 1.165) is 0 Å². The van der Waals surface area contributed by atoms with E-state index in [1.54, 1.807) is 45.0 Å². The first-order chi connectivity index (χ1) is 17.9. The van der Waals surface area contributed by atoms with Gasteiger partial charge in [-0.1, -0.05) is 41.4 Å². The standard InChI is InChI=1S/C27H25Cl2FN4O4/c1-27(2,3)38-26(36)34-20-6-4-5-14-9-21(33-23(14)20)25(35)32-13-15-7-8-19(29)24(22(15)30)37-18-11-16(28)10-17(31)12-18/h4-12,33H,13,31H2,1-3H3,(H,32,35)(H,34,36). The maximum atomic E-state index is 15.2. The van der Waals surface area contributed by atoms with Gasteiger partial charge in [0.1, 0.15) is 17.0 Å². The molecule has 0 spiro atoms. The minimum absolute atomic E-state index is 0.0387. The van der Waals surface area contributed by atoms with E-state index in [4.69, 9.17) is 38.4 Å². The molecule has 0 fully saturated rings. The van der Waals surface area contributed by atoms with Gasteiger partial charge in [0.05, 0.1) is 16.2 Å². The van der Waals surface area contributed by atoms with Crippen molar-refractivity contribution < 1.29 is 23.5 Å². The Morgan fingerprint density at radius 3 is 2.55 bits per heavy atom. The second-order valence-corrected chi connectivity index (χ2v) is 10.3. The summed E-state index contributed by atoms with van der Waals surface area (Å²) in [6, 6.07) is 14.2. The van der Waals surface area contributed by atoms with Crippen LogP contribution < -0.4 is 21.1 Å². The third-order valence-corrected chi connectivity index (χ3v) is 5.73. The molecule has 0 saturated heterocycles.